The van der Waals surface area contributed by atoms with Crippen molar-refractivity contribution in [3.8, 4) is 5.75 Å². The molecule has 0 bridgehead atoms. The number of halogens is 2. The number of hydrogen-bond donors (Lipinski definition) is 1. The number of rotatable bonds is 6. The Morgan fingerprint density at radius 3 is 2.26 bits per heavy atom. The van der Waals surface area contributed by atoms with Crippen LogP contribution in [0.4, 0.5) is 11.4 Å². The number of benzene rings is 2. The van der Waals surface area contributed by atoms with Crippen molar-refractivity contribution >= 4 is 50.5 Å². The minimum Gasteiger partial charge on any atom is -0.495 e. The topological polar surface area (TPSA) is 75.7 Å². The van der Waals surface area contributed by atoms with Gasteiger partial charge in [-0.2, -0.15) is 0 Å². The summed E-state index contributed by atoms with van der Waals surface area (Å²) in [5.74, 6) is -0.196. The van der Waals surface area contributed by atoms with E-state index in [1.807, 2.05) is 6.92 Å². The van der Waals surface area contributed by atoms with E-state index in [9.17, 15) is 13.2 Å². The lowest BCUT2D eigenvalue weighted by molar-refractivity contribution is -0.116. The normalized spacial score (nSPS) is 12.4. The molecule has 1 N–H and O–H groups in total. The van der Waals surface area contributed by atoms with Gasteiger partial charge >= 0.3 is 0 Å². The van der Waals surface area contributed by atoms with E-state index in [0.717, 1.165) is 16.1 Å². The molecule has 1 unspecified atom stereocenters. The molecule has 0 aliphatic carbocycles. The van der Waals surface area contributed by atoms with Crippen LogP contribution in [0.2, 0.25) is 10.0 Å². The first-order valence-corrected chi connectivity index (χ1v) is 10.5. The van der Waals surface area contributed by atoms with Crippen molar-refractivity contribution < 1.29 is 17.9 Å². The van der Waals surface area contributed by atoms with Gasteiger partial charge in [0.15, 0.2) is 0 Å². The molecule has 0 saturated carbocycles. The fraction of sp³-hybridized carbons (Fsp3) is 0.278. The first-order valence-electron chi connectivity index (χ1n) is 7.94. The zero-order valence-corrected chi connectivity index (χ0v) is 17.6. The Labute approximate surface area is 169 Å². The first kappa shape index (κ1) is 21.3. The highest BCUT2D eigenvalue weighted by Gasteiger charge is 2.31. The third-order valence-corrected chi connectivity index (χ3v) is 5.45. The summed E-state index contributed by atoms with van der Waals surface area (Å²) in [6.45, 7) is 3.31. The van der Waals surface area contributed by atoms with Gasteiger partial charge in [0.25, 0.3) is 0 Å². The molecule has 27 heavy (non-hydrogen) atoms. The summed E-state index contributed by atoms with van der Waals surface area (Å²) in [6, 6.07) is 8.63. The summed E-state index contributed by atoms with van der Waals surface area (Å²) in [6.07, 6.45) is 1.04. The number of nitrogens with one attached hydrogen (secondary N) is 1. The van der Waals surface area contributed by atoms with Crippen LogP contribution in [0.15, 0.2) is 36.4 Å². The van der Waals surface area contributed by atoms with Crippen LogP contribution in [0.25, 0.3) is 0 Å². The Morgan fingerprint density at radius 1 is 1.15 bits per heavy atom. The number of hydrogen-bond acceptors (Lipinski definition) is 4. The molecule has 1 atom stereocenters. The lowest BCUT2D eigenvalue weighted by Gasteiger charge is -2.29. The van der Waals surface area contributed by atoms with E-state index in [2.05, 4.69) is 5.32 Å². The van der Waals surface area contributed by atoms with Gasteiger partial charge in [0.1, 0.15) is 11.8 Å². The highest BCUT2D eigenvalue weighted by molar-refractivity contribution is 7.92. The van der Waals surface area contributed by atoms with Crippen molar-refractivity contribution in [2.45, 2.75) is 19.9 Å². The number of methoxy groups -OCH3 is 1. The van der Waals surface area contributed by atoms with Gasteiger partial charge in [-0.15, -0.1) is 0 Å². The molecule has 6 nitrogen and oxygen atoms in total. The second-order valence-electron chi connectivity index (χ2n) is 6.06. The fourth-order valence-corrected chi connectivity index (χ4v) is 4.32. The highest BCUT2D eigenvalue weighted by atomic mass is 35.5. The average molecular weight is 431 g/mol. The van der Waals surface area contributed by atoms with E-state index in [1.54, 1.807) is 18.2 Å². The van der Waals surface area contributed by atoms with Gasteiger partial charge in [-0.25, -0.2) is 8.42 Å². The Balaban J connectivity index is 2.42. The maximum Gasteiger partial charge on any atom is 0.247 e. The predicted molar refractivity (Wildman–Crippen MR) is 110 cm³/mol. The monoisotopic (exact) mass is 430 g/mol. The van der Waals surface area contributed by atoms with Crippen molar-refractivity contribution in [3.05, 3.63) is 52.0 Å². The second-order valence-corrected chi connectivity index (χ2v) is 8.79. The van der Waals surface area contributed by atoms with Crippen molar-refractivity contribution in [3.63, 3.8) is 0 Å². The molecule has 0 fully saturated rings. The lowest BCUT2D eigenvalue weighted by atomic mass is 10.2. The van der Waals surface area contributed by atoms with Gasteiger partial charge in [0.05, 0.1) is 19.1 Å². The number of nitrogens with zero attached hydrogens (tertiary/aromatic N) is 1. The van der Waals surface area contributed by atoms with Gasteiger partial charge in [-0.05, 0) is 49.7 Å². The maximum absolute atomic E-state index is 12.7. The number of aryl methyl sites for hydroxylation is 1. The molecule has 2 aromatic rings. The van der Waals surface area contributed by atoms with Crippen LogP contribution in [0.1, 0.15) is 12.5 Å². The third kappa shape index (κ3) is 5.28. The summed E-state index contributed by atoms with van der Waals surface area (Å²) in [5.41, 5.74) is 1.48. The molecule has 0 heterocycles. The minimum atomic E-state index is -3.78. The number of amides is 1. The molecule has 0 saturated heterocycles. The summed E-state index contributed by atoms with van der Waals surface area (Å²) < 4.78 is 31.2. The molecule has 0 aliphatic heterocycles. The summed E-state index contributed by atoms with van der Waals surface area (Å²) in [4.78, 5) is 12.7. The molecule has 0 aromatic heterocycles. The van der Waals surface area contributed by atoms with E-state index in [4.69, 9.17) is 27.9 Å². The molecule has 2 rings (SSSR count). The van der Waals surface area contributed by atoms with Crippen molar-refractivity contribution in [1.29, 1.82) is 0 Å². The number of ether oxygens (including phenoxy) is 1. The molecule has 0 radical (unpaired) electrons. The van der Waals surface area contributed by atoms with Crippen LogP contribution < -0.4 is 14.4 Å². The van der Waals surface area contributed by atoms with Crippen molar-refractivity contribution in [2.75, 3.05) is 23.0 Å². The standard InChI is InChI=1S/C18H20Cl2N2O4S/c1-11-5-6-17(26-3)16(7-11)22(27(4,24)25)12(2)18(23)21-15-9-13(19)8-14(20)10-15/h5-10,12H,1-4H3,(H,21,23). The van der Waals surface area contributed by atoms with E-state index in [0.29, 0.717) is 21.5 Å². The zero-order chi connectivity index (χ0) is 20.4. The van der Waals surface area contributed by atoms with Gasteiger partial charge in [-0.3, -0.25) is 9.10 Å². The van der Waals surface area contributed by atoms with E-state index >= 15 is 0 Å². The van der Waals surface area contributed by atoms with Crippen molar-refractivity contribution in [2.24, 2.45) is 0 Å². The molecule has 2 aromatic carbocycles. The van der Waals surface area contributed by atoms with Gasteiger partial charge in [0.2, 0.25) is 15.9 Å². The quantitative estimate of drug-likeness (QED) is 0.747. The Kier molecular flexibility index (Phi) is 6.62. The van der Waals surface area contributed by atoms with Crippen LogP contribution >= 0.6 is 23.2 Å². The molecule has 1 amide bonds. The van der Waals surface area contributed by atoms with Crippen LogP contribution in [0.5, 0.6) is 5.75 Å². The Morgan fingerprint density at radius 2 is 1.74 bits per heavy atom. The lowest BCUT2D eigenvalue weighted by Crippen LogP contribution is -2.45. The average Bonchev–Trinajstić information content (AvgIpc) is 2.52. The van der Waals surface area contributed by atoms with Crippen LogP contribution in [-0.4, -0.2) is 33.7 Å². The van der Waals surface area contributed by atoms with Crippen LogP contribution in [0, 0.1) is 6.92 Å². The molecule has 0 spiro atoms. The van der Waals surface area contributed by atoms with Crippen molar-refractivity contribution in [1.82, 2.24) is 0 Å². The minimum absolute atomic E-state index is 0.284. The predicted octanol–water partition coefficient (Wildman–Crippen LogP) is 4.10. The van der Waals surface area contributed by atoms with Crippen LogP contribution in [0.3, 0.4) is 0 Å². The number of sulfonamides is 1. The molecular formula is C18H20Cl2N2O4S. The van der Waals surface area contributed by atoms with Crippen LogP contribution in [-0.2, 0) is 14.8 Å². The van der Waals surface area contributed by atoms with Gasteiger partial charge in [-0.1, -0.05) is 29.3 Å². The van der Waals surface area contributed by atoms with Gasteiger partial charge < -0.3 is 10.1 Å². The van der Waals surface area contributed by atoms with E-state index in [-0.39, 0.29) is 5.69 Å². The zero-order valence-electron chi connectivity index (χ0n) is 15.3. The molecule has 0 aliphatic rings. The molecule has 146 valence electrons. The summed E-state index contributed by atoms with van der Waals surface area (Å²) >= 11 is 11.9. The second kappa shape index (κ2) is 8.37. The summed E-state index contributed by atoms with van der Waals surface area (Å²) in [7, 11) is -2.34. The number of carbonyl (C=O) groups is 1. The number of anilines is 2. The van der Waals surface area contributed by atoms with Gasteiger partial charge in [0, 0.05) is 15.7 Å². The molecule has 9 heteroatoms. The fourth-order valence-electron chi connectivity index (χ4n) is 2.63. The Bertz CT molecular complexity index is 944. The first-order chi connectivity index (χ1) is 12.5. The highest BCUT2D eigenvalue weighted by Crippen LogP contribution is 2.33. The Hall–Kier alpha value is -1.96. The summed E-state index contributed by atoms with van der Waals surface area (Å²) in [5, 5.41) is 3.35. The SMILES string of the molecule is COc1ccc(C)cc1N(C(C)C(=O)Nc1cc(Cl)cc(Cl)c1)S(C)(=O)=O. The van der Waals surface area contributed by atoms with E-state index < -0.39 is 22.0 Å². The smallest absolute Gasteiger partial charge is 0.247 e. The van der Waals surface area contributed by atoms with E-state index in [1.165, 1.54) is 32.2 Å². The molecular weight excluding hydrogens is 411 g/mol. The number of carbonyl (C=O) groups excluding carboxylic acids is 1. The maximum atomic E-state index is 12.7. The third-order valence-electron chi connectivity index (χ3n) is 3.79. The largest absolute Gasteiger partial charge is 0.495 e.